The number of fused-ring (bicyclic) bond motifs is 2. The molecule has 10 nitrogen and oxygen atoms in total. The first-order valence-corrected chi connectivity index (χ1v) is 18.2. The molecule has 286 valence electrons. The summed E-state index contributed by atoms with van der Waals surface area (Å²) in [7, 11) is 0. The monoisotopic (exact) mass is 736 g/mol. The molecule has 2 N–H and O–H groups in total. The predicted molar refractivity (Wildman–Crippen MR) is 164 cm³/mol. The molecule has 2 bridgehead atoms. The van der Waals surface area contributed by atoms with Crippen molar-refractivity contribution in [2.45, 2.75) is 128 Å². The second-order valence-corrected chi connectivity index (χ2v) is 15.7. The van der Waals surface area contributed by atoms with Crippen molar-refractivity contribution in [2.75, 3.05) is 13.1 Å². The van der Waals surface area contributed by atoms with Crippen molar-refractivity contribution in [3.05, 3.63) is 22.7 Å². The van der Waals surface area contributed by atoms with Crippen LogP contribution in [-0.2, 0) is 38.3 Å². The standard InChI is InChI=1S/C35H46F6N2O8/c1-16-6-9-20-23-19(16)10-8-18(3)46-30(23)47-26(34(36,37)38)24(20)28(44)42-14-5-15-43-29(45)25-22-11-7-17(2)21-12-13-32(4)49-31(33(21,22)51-50-32)48-27(25)35(39,40)41/h16-23,30-31H,5-15H2,1-4H3,(H,42,44)(H,43,45)/t16-,17-,18+,19?,20?,21?,22+,23?,30+,31-,32+,33-/m1/s1. The average molecular weight is 737 g/mol. The van der Waals surface area contributed by atoms with Crippen LogP contribution in [0.1, 0.15) is 85.5 Å². The van der Waals surface area contributed by atoms with Crippen LogP contribution in [0.5, 0.6) is 0 Å². The number of allylic oxidation sites excluding steroid dienone is 2. The van der Waals surface area contributed by atoms with Gasteiger partial charge in [0.05, 0.1) is 17.3 Å². The Morgan fingerprint density at radius 2 is 1.43 bits per heavy atom. The van der Waals surface area contributed by atoms with Crippen molar-refractivity contribution in [2.24, 2.45) is 41.4 Å². The molecule has 0 aromatic carbocycles. The maximum absolute atomic E-state index is 14.5. The Labute approximate surface area is 292 Å². The summed E-state index contributed by atoms with van der Waals surface area (Å²) in [5, 5.41) is 5.06. The maximum atomic E-state index is 14.5. The fourth-order valence-electron chi connectivity index (χ4n) is 10.1. The first kappa shape index (κ1) is 36.8. The first-order chi connectivity index (χ1) is 23.9. The van der Waals surface area contributed by atoms with E-state index >= 15 is 0 Å². The molecule has 16 heteroatoms. The largest absolute Gasteiger partial charge is 0.459 e. The van der Waals surface area contributed by atoms with Crippen molar-refractivity contribution in [3.63, 3.8) is 0 Å². The first-order valence-electron chi connectivity index (χ1n) is 18.2. The molecule has 2 saturated carbocycles. The lowest BCUT2D eigenvalue weighted by Crippen LogP contribution is -2.68. The van der Waals surface area contributed by atoms with Crippen LogP contribution in [0, 0.1) is 41.4 Å². The van der Waals surface area contributed by atoms with Crippen molar-refractivity contribution >= 4 is 11.8 Å². The van der Waals surface area contributed by atoms with Crippen LogP contribution in [0.15, 0.2) is 22.7 Å². The van der Waals surface area contributed by atoms with E-state index in [-0.39, 0.29) is 55.7 Å². The van der Waals surface area contributed by atoms with Crippen LogP contribution in [0.2, 0.25) is 0 Å². The normalized spacial score (nSPS) is 42.1. The fourth-order valence-corrected chi connectivity index (χ4v) is 10.1. The van der Waals surface area contributed by atoms with Gasteiger partial charge in [-0.15, -0.1) is 0 Å². The summed E-state index contributed by atoms with van der Waals surface area (Å²) in [6.07, 6.45) is -8.65. The number of carbonyl (C=O) groups is 2. The third-order valence-corrected chi connectivity index (χ3v) is 12.5. The SMILES string of the molecule is C[C@@H]1CCC2C(C(=O)NCCCNC(=O)C3=C(C(F)(F)F)O[C@@H]4O[C@]5(C)CCC6[C@H](C)CC[C@@H]3[C@]64OO5)=C(C(F)(F)F)O[C@@H]3O[C@@H](C)CCC1C23. The van der Waals surface area contributed by atoms with Crippen molar-refractivity contribution in [3.8, 4) is 0 Å². The molecule has 12 atom stereocenters. The van der Waals surface area contributed by atoms with Gasteiger partial charge in [0.25, 0.3) is 11.8 Å². The molecule has 4 saturated heterocycles. The number of ether oxygens (including phenoxy) is 4. The van der Waals surface area contributed by atoms with Gasteiger partial charge in [0, 0.05) is 43.2 Å². The zero-order chi connectivity index (χ0) is 36.7. The average Bonchev–Trinajstić information content (AvgIpc) is 3.38. The van der Waals surface area contributed by atoms with Crippen molar-refractivity contribution in [1.82, 2.24) is 10.6 Å². The van der Waals surface area contributed by atoms with E-state index in [2.05, 4.69) is 17.6 Å². The lowest BCUT2D eigenvalue weighted by Gasteiger charge is -2.57. The summed E-state index contributed by atoms with van der Waals surface area (Å²) in [5.41, 5.74) is -2.52. The number of halogens is 6. The predicted octanol–water partition coefficient (Wildman–Crippen LogP) is 6.32. The molecule has 8 rings (SSSR count). The number of hydrogen-bond donors (Lipinski definition) is 2. The third kappa shape index (κ3) is 6.33. The molecule has 4 unspecified atom stereocenters. The number of alkyl halides is 6. The van der Waals surface area contributed by atoms with Gasteiger partial charge in [-0.05, 0) is 83.0 Å². The second-order valence-electron chi connectivity index (χ2n) is 15.7. The Bertz CT molecular complexity index is 1470. The van der Waals surface area contributed by atoms with Crippen LogP contribution in [0.4, 0.5) is 26.3 Å². The Morgan fingerprint density at radius 1 is 0.784 bits per heavy atom. The Kier molecular flexibility index (Phi) is 9.43. The number of nitrogens with one attached hydrogen (secondary N) is 2. The molecule has 6 fully saturated rings. The summed E-state index contributed by atoms with van der Waals surface area (Å²) >= 11 is 0. The van der Waals surface area contributed by atoms with E-state index in [0.29, 0.717) is 38.5 Å². The highest BCUT2D eigenvalue weighted by Crippen LogP contribution is 2.61. The summed E-state index contributed by atoms with van der Waals surface area (Å²) < 4.78 is 109. The highest BCUT2D eigenvalue weighted by atomic mass is 19.4. The number of amides is 2. The molecular weight excluding hydrogens is 690 g/mol. The lowest BCUT2D eigenvalue weighted by molar-refractivity contribution is -0.557. The zero-order valence-electron chi connectivity index (χ0n) is 29.1. The molecule has 0 radical (unpaired) electrons. The molecule has 2 amide bonds. The minimum atomic E-state index is -5.02. The quantitative estimate of drug-likeness (QED) is 0.185. The molecule has 6 aliphatic heterocycles. The van der Waals surface area contributed by atoms with Crippen molar-refractivity contribution in [1.29, 1.82) is 0 Å². The molecule has 8 aliphatic rings. The van der Waals surface area contributed by atoms with E-state index in [1.54, 1.807) is 13.8 Å². The van der Waals surface area contributed by atoms with Gasteiger partial charge >= 0.3 is 12.4 Å². The molecule has 6 heterocycles. The zero-order valence-corrected chi connectivity index (χ0v) is 29.1. The maximum Gasteiger partial charge on any atom is 0.449 e. The van der Waals surface area contributed by atoms with Gasteiger partial charge in [-0.2, -0.15) is 26.3 Å². The van der Waals surface area contributed by atoms with E-state index in [4.69, 9.17) is 28.7 Å². The summed E-state index contributed by atoms with van der Waals surface area (Å²) in [6.45, 7) is 7.11. The molecule has 2 aliphatic carbocycles. The smallest absolute Gasteiger partial charge is 0.449 e. The van der Waals surface area contributed by atoms with Crippen molar-refractivity contribution < 1.29 is 64.7 Å². The number of hydrogen-bond acceptors (Lipinski definition) is 8. The van der Waals surface area contributed by atoms with Crippen LogP contribution >= 0.6 is 0 Å². The molecule has 0 aromatic heterocycles. The minimum absolute atomic E-state index is 0.0264. The molecular formula is C35H46F6N2O8. The highest BCUT2D eigenvalue weighted by Gasteiger charge is 2.71. The Balaban J connectivity index is 1.05. The number of carbonyl (C=O) groups excluding carboxylic acids is 2. The summed E-state index contributed by atoms with van der Waals surface area (Å²) in [6, 6.07) is 0. The highest BCUT2D eigenvalue weighted by molar-refractivity contribution is 5.95. The summed E-state index contributed by atoms with van der Waals surface area (Å²) in [5.74, 6) is -8.21. The summed E-state index contributed by atoms with van der Waals surface area (Å²) in [4.78, 5) is 38.7. The van der Waals surface area contributed by atoms with E-state index in [1.165, 1.54) is 0 Å². The van der Waals surface area contributed by atoms with E-state index in [9.17, 15) is 35.9 Å². The van der Waals surface area contributed by atoms with Crippen LogP contribution in [0.25, 0.3) is 0 Å². The Hall–Kier alpha value is -2.56. The Morgan fingerprint density at radius 3 is 2.12 bits per heavy atom. The minimum Gasteiger partial charge on any atom is -0.459 e. The topological polar surface area (TPSA) is 114 Å². The van der Waals surface area contributed by atoms with Crippen LogP contribution in [0.3, 0.4) is 0 Å². The third-order valence-electron chi connectivity index (χ3n) is 12.5. The second kappa shape index (κ2) is 13.1. The van der Waals surface area contributed by atoms with Crippen LogP contribution < -0.4 is 10.6 Å². The van der Waals surface area contributed by atoms with Gasteiger partial charge in [0.2, 0.25) is 29.9 Å². The molecule has 51 heavy (non-hydrogen) atoms. The fraction of sp³-hybridized carbons (Fsp3) is 0.829. The van der Waals surface area contributed by atoms with Gasteiger partial charge in [0.15, 0.2) is 5.60 Å². The van der Waals surface area contributed by atoms with Crippen LogP contribution in [-0.4, -0.2) is 67.3 Å². The molecule has 1 spiro atoms. The van der Waals surface area contributed by atoms with E-state index < -0.39 is 88.6 Å². The van der Waals surface area contributed by atoms with Gasteiger partial charge < -0.3 is 29.6 Å². The van der Waals surface area contributed by atoms with Gasteiger partial charge in [-0.3, -0.25) is 9.59 Å². The van der Waals surface area contributed by atoms with Gasteiger partial charge in [-0.1, -0.05) is 13.8 Å². The molecule has 0 aromatic rings. The van der Waals surface area contributed by atoms with Gasteiger partial charge in [0.1, 0.15) is 0 Å². The van der Waals surface area contributed by atoms with Gasteiger partial charge in [-0.25, -0.2) is 9.78 Å². The van der Waals surface area contributed by atoms with E-state index in [0.717, 1.165) is 6.42 Å². The number of rotatable bonds is 6. The lowest BCUT2D eigenvalue weighted by atomic mass is 9.59. The van der Waals surface area contributed by atoms with E-state index in [1.807, 2.05) is 6.92 Å².